The van der Waals surface area contributed by atoms with E-state index >= 15 is 0 Å². The Morgan fingerprint density at radius 1 is 1.28 bits per heavy atom. The summed E-state index contributed by atoms with van der Waals surface area (Å²) in [5.74, 6) is 0.808. The van der Waals surface area contributed by atoms with Crippen LogP contribution in [0.1, 0.15) is 11.3 Å². The predicted octanol–water partition coefficient (Wildman–Crippen LogP) is 2.03. The molecule has 0 aliphatic rings. The maximum atomic E-state index is 8.67. The van der Waals surface area contributed by atoms with E-state index in [1.165, 1.54) is 0 Å². The van der Waals surface area contributed by atoms with Gasteiger partial charge in [-0.1, -0.05) is 0 Å². The maximum absolute atomic E-state index is 8.67. The first-order valence-corrected chi connectivity index (χ1v) is 6.64. The first kappa shape index (κ1) is 13.0. The van der Waals surface area contributed by atoms with Gasteiger partial charge in [-0.05, 0) is 24.3 Å². The molecule has 0 unspecified atom stereocenters. The van der Waals surface area contributed by atoms with Gasteiger partial charge in [0, 0.05) is 36.2 Å². The minimum absolute atomic E-state index is 0.152. The van der Waals surface area contributed by atoms with Gasteiger partial charge in [-0.2, -0.15) is 0 Å². The van der Waals surface area contributed by atoms with Gasteiger partial charge in [-0.15, -0.1) is 11.3 Å². The Balaban J connectivity index is 2.02. The van der Waals surface area contributed by atoms with Gasteiger partial charge in [0.1, 0.15) is 10.8 Å². The van der Waals surface area contributed by atoms with Crippen LogP contribution in [0.15, 0.2) is 30.5 Å². The Hall–Kier alpha value is -1.43. The summed E-state index contributed by atoms with van der Waals surface area (Å²) in [4.78, 5) is 5.40. The maximum Gasteiger partial charge on any atom is 0.123 e. The molecule has 1 aromatic heterocycles. The average Bonchev–Trinajstić information content (AvgIpc) is 2.89. The van der Waals surface area contributed by atoms with Crippen LogP contribution in [0.3, 0.4) is 0 Å². The Morgan fingerprint density at radius 3 is 2.67 bits per heavy atom. The standard InChI is InChI=1S/C13H16N2O2S/c14-8-12-9-15-13(18-12)10-2-4-11(5-3-10)17-7-1-6-16/h2-5,9,16H,1,6-8,14H2. The fourth-order valence-corrected chi connectivity index (χ4v) is 2.28. The quantitative estimate of drug-likeness (QED) is 0.783. The Bertz CT molecular complexity index is 482. The van der Waals surface area contributed by atoms with Crippen LogP contribution in [-0.2, 0) is 6.54 Å². The number of hydrogen-bond acceptors (Lipinski definition) is 5. The van der Waals surface area contributed by atoms with E-state index in [2.05, 4.69) is 4.98 Å². The number of aromatic nitrogens is 1. The summed E-state index contributed by atoms with van der Waals surface area (Å²) in [6, 6.07) is 7.78. The molecule has 0 saturated carbocycles. The molecule has 0 fully saturated rings. The van der Waals surface area contributed by atoms with Crippen molar-refractivity contribution in [3.05, 3.63) is 35.3 Å². The zero-order valence-electron chi connectivity index (χ0n) is 10.0. The molecule has 2 aromatic rings. The molecule has 0 bridgehead atoms. The number of aliphatic hydroxyl groups is 1. The molecule has 0 radical (unpaired) electrons. The largest absolute Gasteiger partial charge is 0.494 e. The third kappa shape index (κ3) is 3.29. The molecular weight excluding hydrogens is 248 g/mol. The average molecular weight is 264 g/mol. The third-order valence-corrected chi connectivity index (χ3v) is 3.50. The van der Waals surface area contributed by atoms with Gasteiger partial charge in [-0.3, -0.25) is 0 Å². The molecule has 2 rings (SSSR count). The number of aliphatic hydroxyl groups excluding tert-OH is 1. The predicted molar refractivity (Wildman–Crippen MR) is 72.6 cm³/mol. The summed E-state index contributed by atoms with van der Waals surface area (Å²) < 4.78 is 5.47. The molecule has 0 saturated heterocycles. The van der Waals surface area contributed by atoms with Crippen LogP contribution in [0.4, 0.5) is 0 Å². The van der Waals surface area contributed by atoms with Crippen molar-refractivity contribution in [2.24, 2.45) is 5.73 Å². The van der Waals surface area contributed by atoms with Crippen LogP contribution in [-0.4, -0.2) is 23.3 Å². The normalized spacial score (nSPS) is 10.6. The molecule has 0 aliphatic heterocycles. The molecule has 96 valence electrons. The van der Waals surface area contributed by atoms with E-state index < -0.39 is 0 Å². The number of nitrogens with two attached hydrogens (primary N) is 1. The van der Waals surface area contributed by atoms with Gasteiger partial charge in [0.25, 0.3) is 0 Å². The lowest BCUT2D eigenvalue weighted by atomic mass is 10.2. The van der Waals surface area contributed by atoms with E-state index in [0.717, 1.165) is 21.2 Å². The summed E-state index contributed by atoms with van der Waals surface area (Å²) in [6.45, 7) is 1.21. The first-order chi connectivity index (χ1) is 8.83. The number of benzene rings is 1. The zero-order valence-corrected chi connectivity index (χ0v) is 10.8. The van der Waals surface area contributed by atoms with E-state index in [4.69, 9.17) is 15.6 Å². The summed E-state index contributed by atoms with van der Waals surface area (Å²) in [5, 5.41) is 9.64. The smallest absolute Gasteiger partial charge is 0.123 e. The van der Waals surface area contributed by atoms with Crippen molar-refractivity contribution in [2.45, 2.75) is 13.0 Å². The van der Waals surface area contributed by atoms with Crippen LogP contribution in [0.5, 0.6) is 5.75 Å². The fourth-order valence-electron chi connectivity index (χ4n) is 1.48. The summed E-state index contributed by atoms with van der Waals surface area (Å²) in [5.41, 5.74) is 6.63. The lowest BCUT2D eigenvalue weighted by molar-refractivity contribution is 0.233. The summed E-state index contributed by atoms with van der Waals surface area (Å²) in [7, 11) is 0. The van der Waals surface area contributed by atoms with Gasteiger partial charge in [0.05, 0.1) is 6.61 Å². The lowest BCUT2D eigenvalue weighted by Crippen LogP contribution is -1.99. The van der Waals surface area contributed by atoms with Crippen molar-refractivity contribution in [3.8, 4) is 16.3 Å². The summed E-state index contributed by atoms with van der Waals surface area (Å²) in [6.07, 6.45) is 2.46. The zero-order chi connectivity index (χ0) is 12.8. The van der Waals surface area contributed by atoms with Gasteiger partial charge in [0.15, 0.2) is 0 Å². The second-order valence-electron chi connectivity index (χ2n) is 3.79. The molecular formula is C13H16N2O2S. The SMILES string of the molecule is NCc1cnc(-c2ccc(OCCCO)cc2)s1. The second-order valence-corrected chi connectivity index (χ2v) is 4.90. The number of rotatable bonds is 6. The highest BCUT2D eigenvalue weighted by Crippen LogP contribution is 2.26. The minimum Gasteiger partial charge on any atom is -0.494 e. The molecule has 18 heavy (non-hydrogen) atoms. The molecule has 1 heterocycles. The Kier molecular flexibility index (Phi) is 4.69. The van der Waals surface area contributed by atoms with E-state index in [-0.39, 0.29) is 6.61 Å². The van der Waals surface area contributed by atoms with E-state index in [1.54, 1.807) is 11.3 Å². The molecule has 0 atom stereocenters. The van der Waals surface area contributed by atoms with E-state index in [9.17, 15) is 0 Å². The molecule has 4 nitrogen and oxygen atoms in total. The molecule has 5 heteroatoms. The highest BCUT2D eigenvalue weighted by Gasteiger charge is 2.04. The molecule has 0 spiro atoms. The van der Waals surface area contributed by atoms with Gasteiger partial charge < -0.3 is 15.6 Å². The Morgan fingerprint density at radius 2 is 2.06 bits per heavy atom. The van der Waals surface area contributed by atoms with Gasteiger partial charge >= 0.3 is 0 Å². The van der Waals surface area contributed by atoms with E-state index in [1.807, 2.05) is 30.5 Å². The number of thiazole rings is 1. The van der Waals surface area contributed by atoms with Crippen molar-refractivity contribution < 1.29 is 9.84 Å². The Labute approximate surface area is 110 Å². The van der Waals surface area contributed by atoms with E-state index in [0.29, 0.717) is 19.6 Å². The van der Waals surface area contributed by atoms with Crippen molar-refractivity contribution >= 4 is 11.3 Å². The first-order valence-electron chi connectivity index (χ1n) is 5.82. The topological polar surface area (TPSA) is 68.4 Å². The monoisotopic (exact) mass is 264 g/mol. The molecule has 0 amide bonds. The van der Waals surface area contributed by atoms with Crippen LogP contribution in [0, 0.1) is 0 Å². The van der Waals surface area contributed by atoms with Crippen molar-refractivity contribution in [1.82, 2.24) is 4.98 Å². The number of hydrogen-bond donors (Lipinski definition) is 2. The highest BCUT2D eigenvalue weighted by atomic mass is 32.1. The third-order valence-electron chi connectivity index (χ3n) is 2.43. The second kappa shape index (κ2) is 6.49. The minimum atomic E-state index is 0.152. The van der Waals surface area contributed by atoms with Crippen LogP contribution >= 0.6 is 11.3 Å². The highest BCUT2D eigenvalue weighted by molar-refractivity contribution is 7.15. The summed E-state index contributed by atoms with van der Waals surface area (Å²) >= 11 is 1.60. The number of ether oxygens (including phenoxy) is 1. The number of nitrogens with zero attached hydrogens (tertiary/aromatic N) is 1. The van der Waals surface area contributed by atoms with Crippen LogP contribution in [0.25, 0.3) is 10.6 Å². The lowest BCUT2D eigenvalue weighted by Gasteiger charge is -2.05. The molecule has 1 aromatic carbocycles. The molecule has 3 N–H and O–H groups in total. The van der Waals surface area contributed by atoms with Crippen molar-refractivity contribution in [2.75, 3.05) is 13.2 Å². The van der Waals surface area contributed by atoms with Crippen molar-refractivity contribution in [3.63, 3.8) is 0 Å². The van der Waals surface area contributed by atoms with Gasteiger partial charge in [-0.25, -0.2) is 4.98 Å². The fraction of sp³-hybridized carbons (Fsp3) is 0.308. The van der Waals surface area contributed by atoms with Crippen molar-refractivity contribution in [1.29, 1.82) is 0 Å². The van der Waals surface area contributed by atoms with Crippen LogP contribution in [0.2, 0.25) is 0 Å². The van der Waals surface area contributed by atoms with Gasteiger partial charge in [0.2, 0.25) is 0 Å². The van der Waals surface area contributed by atoms with Crippen LogP contribution < -0.4 is 10.5 Å². The molecule has 0 aliphatic carbocycles.